The van der Waals surface area contributed by atoms with Gasteiger partial charge in [0, 0.05) is 54.9 Å². The van der Waals surface area contributed by atoms with Crippen LogP contribution in [0.2, 0.25) is 0 Å². The molecule has 4 aromatic heterocycles. The standard InChI is InChI=1S/C74H48N4O2S/c1-45-11-15-47(16-12-45)52-25-36-66-62(41-52)63-42-53(48-17-13-46(2)14-18-48)26-37-67(63)78(66)58-33-23-51(24-34-58)59-35-38-68(74-73(59)75-81-76-74)77(56-29-19-49(20-30-56)54-27-39-71-64(43-54)60-7-3-5-9-69(60)79-71)57-31-21-50(22-32-57)55-28-40-72-65(44-55)61-8-4-6-10-70(61)80-72/h3-44H,1-2H3. The minimum absolute atomic E-state index is 0.834. The first-order valence-electron chi connectivity index (χ1n) is 27.3. The highest BCUT2D eigenvalue weighted by atomic mass is 32.1. The van der Waals surface area contributed by atoms with Gasteiger partial charge in [0.05, 0.1) is 28.4 Å². The van der Waals surface area contributed by atoms with Crippen molar-refractivity contribution in [1.82, 2.24) is 13.3 Å². The Balaban J connectivity index is 0.782. The van der Waals surface area contributed by atoms with Crippen LogP contribution < -0.4 is 4.90 Å². The Hall–Kier alpha value is -10.3. The van der Waals surface area contributed by atoms with Gasteiger partial charge in [-0.05, 0) is 173 Å². The van der Waals surface area contributed by atoms with Gasteiger partial charge in [-0.25, -0.2) is 0 Å². The smallest absolute Gasteiger partial charge is 0.135 e. The third-order valence-electron chi connectivity index (χ3n) is 16.3. The van der Waals surface area contributed by atoms with E-state index < -0.39 is 0 Å². The number of fused-ring (bicyclic) bond motifs is 10. The summed E-state index contributed by atoms with van der Waals surface area (Å²) in [5.41, 5.74) is 25.5. The molecule has 0 aliphatic carbocycles. The molecule has 0 spiro atoms. The van der Waals surface area contributed by atoms with Crippen LogP contribution in [0.25, 0.3) is 138 Å². The number of hydrogen-bond acceptors (Lipinski definition) is 6. The predicted molar refractivity (Wildman–Crippen MR) is 338 cm³/mol. The zero-order valence-electron chi connectivity index (χ0n) is 44.3. The largest absolute Gasteiger partial charge is 0.456 e. The summed E-state index contributed by atoms with van der Waals surface area (Å²) in [4.78, 5) is 2.31. The van der Waals surface area contributed by atoms with Gasteiger partial charge in [-0.2, -0.15) is 8.75 Å². The van der Waals surface area contributed by atoms with Gasteiger partial charge < -0.3 is 18.3 Å². The fraction of sp³-hybridized carbons (Fsp3) is 0.0270. The SMILES string of the molecule is Cc1ccc(-c2ccc3c(c2)c2cc(-c4ccc(C)cc4)ccc2n3-c2ccc(-c3ccc(N(c4ccc(-c5ccc6oc7ccccc7c6c5)cc4)c4ccc(-c5ccc6oc7ccccc7c6c5)cc4)c4nsnc34)cc2)cc1. The summed E-state index contributed by atoms with van der Waals surface area (Å²) in [6, 6.07) is 91.8. The Bertz CT molecular complexity index is 4850. The van der Waals surface area contributed by atoms with Crippen LogP contribution in [0.4, 0.5) is 17.1 Å². The summed E-state index contributed by atoms with van der Waals surface area (Å²) < 4.78 is 24.9. The summed E-state index contributed by atoms with van der Waals surface area (Å²) >= 11 is 1.25. The Labute approximate surface area is 471 Å². The molecule has 0 radical (unpaired) electrons. The van der Waals surface area contributed by atoms with Crippen LogP contribution in [-0.4, -0.2) is 13.3 Å². The maximum atomic E-state index is 6.19. The summed E-state index contributed by atoms with van der Waals surface area (Å²) in [6.07, 6.45) is 0. The van der Waals surface area contributed by atoms with E-state index in [0.717, 1.165) is 122 Å². The van der Waals surface area contributed by atoms with Gasteiger partial charge in [-0.1, -0.05) is 157 Å². The lowest BCUT2D eigenvalue weighted by Gasteiger charge is -2.26. The van der Waals surface area contributed by atoms with Crippen molar-refractivity contribution < 1.29 is 8.83 Å². The number of hydrogen-bond donors (Lipinski definition) is 0. The molecule has 0 fully saturated rings. The van der Waals surface area contributed by atoms with Crippen LogP contribution in [0.1, 0.15) is 11.1 Å². The molecule has 0 N–H and O–H groups in total. The monoisotopic (exact) mass is 1060 g/mol. The van der Waals surface area contributed by atoms with Crippen molar-refractivity contribution in [2.75, 3.05) is 4.90 Å². The van der Waals surface area contributed by atoms with Crippen LogP contribution in [0.3, 0.4) is 0 Å². The lowest BCUT2D eigenvalue weighted by atomic mass is 9.99. The lowest BCUT2D eigenvalue weighted by Crippen LogP contribution is -2.10. The van der Waals surface area contributed by atoms with Gasteiger partial charge in [0.1, 0.15) is 33.4 Å². The van der Waals surface area contributed by atoms with E-state index in [1.54, 1.807) is 0 Å². The molecule has 0 atom stereocenters. The Morgan fingerprint density at radius 3 is 1.22 bits per heavy atom. The van der Waals surface area contributed by atoms with E-state index in [9.17, 15) is 0 Å². The summed E-state index contributed by atoms with van der Waals surface area (Å²) in [6.45, 7) is 4.27. The lowest BCUT2D eigenvalue weighted by molar-refractivity contribution is 0.668. The average molecular weight is 1060 g/mol. The quantitative estimate of drug-likeness (QED) is 0.144. The number of aromatic nitrogens is 3. The average Bonchev–Trinajstić information content (AvgIpc) is 4.34. The van der Waals surface area contributed by atoms with Crippen molar-refractivity contribution in [3.8, 4) is 61.3 Å². The van der Waals surface area contributed by atoms with Crippen LogP contribution in [0, 0.1) is 13.8 Å². The maximum Gasteiger partial charge on any atom is 0.135 e. The molecule has 0 unspecified atom stereocenters. The fourth-order valence-corrected chi connectivity index (χ4v) is 12.6. The van der Waals surface area contributed by atoms with E-state index in [4.69, 9.17) is 17.6 Å². The molecule has 0 aliphatic rings. The third kappa shape index (κ3) is 7.92. The highest BCUT2D eigenvalue weighted by Gasteiger charge is 2.22. The first kappa shape index (κ1) is 46.7. The molecule has 12 aromatic carbocycles. The molecule has 0 aliphatic heterocycles. The predicted octanol–water partition coefficient (Wildman–Crippen LogP) is 21.0. The number of aryl methyl sites for hydroxylation is 2. The zero-order valence-corrected chi connectivity index (χ0v) is 45.1. The number of para-hydroxylation sites is 2. The molecule has 81 heavy (non-hydrogen) atoms. The van der Waals surface area contributed by atoms with E-state index in [1.807, 2.05) is 24.3 Å². The van der Waals surface area contributed by atoms with Crippen molar-refractivity contribution in [3.63, 3.8) is 0 Å². The van der Waals surface area contributed by atoms with Crippen molar-refractivity contribution in [1.29, 1.82) is 0 Å². The molecule has 0 saturated heterocycles. The molecule has 16 aromatic rings. The van der Waals surface area contributed by atoms with Gasteiger partial charge in [-0.3, -0.25) is 0 Å². The Morgan fingerprint density at radius 2 is 0.728 bits per heavy atom. The minimum Gasteiger partial charge on any atom is -0.456 e. The van der Waals surface area contributed by atoms with Gasteiger partial charge in [-0.15, -0.1) is 0 Å². The van der Waals surface area contributed by atoms with Crippen molar-refractivity contribution >= 4 is 106 Å². The molecular formula is C74H48N4O2S. The summed E-state index contributed by atoms with van der Waals surface area (Å²) in [5, 5.41) is 6.87. The summed E-state index contributed by atoms with van der Waals surface area (Å²) in [5.74, 6) is 0. The molecule has 6 nitrogen and oxygen atoms in total. The van der Waals surface area contributed by atoms with Crippen LogP contribution >= 0.6 is 11.7 Å². The number of anilines is 3. The van der Waals surface area contributed by atoms with Crippen LogP contribution in [0.15, 0.2) is 264 Å². The van der Waals surface area contributed by atoms with Gasteiger partial charge in [0.25, 0.3) is 0 Å². The van der Waals surface area contributed by atoms with Crippen LogP contribution in [-0.2, 0) is 0 Å². The van der Waals surface area contributed by atoms with Crippen LogP contribution in [0.5, 0.6) is 0 Å². The number of benzene rings is 12. The van der Waals surface area contributed by atoms with Gasteiger partial charge in [0.15, 0.2) is 0 Å². The van der Waals surface area contributed by atoms with Gasteiger partial charge >= 0.3 is 0 Å². The zero-order chi connectivity index (χ0) is 53.7. The van der Waals surface area contributed by atoms with E-state index >= 15 is 0 Å². The molecular weight excluding hydrogens is 1010 g/mol. The molecule has 7 heteroatoms. The van der Waals surface area contributed by atoms with E-state index in [1.165, 1.54) is 55.9 Å². The first-order chi connectivity index (χ1) is 39.9. The Morgan fingerprint density at radius 1 is 0.333 bits per heavy atom. The number of nitrogens with zero attached hydrogens (tertiary/aromatic N) is 4. The maximum absolute atomic E-state index is 6.19. The molecule has 0 amide bonds. The van der Waals surface area contributed by atoms with Crippen molar-refractivity contribution in [3.05, 3.63) is 266 Å². The topological polar surface area (TPSA) is 60.2 Å². The summed E-state index contributed by atoms with van der Waals surface area (Å²) in [7, 11) is 0. The minimum atomic E-state index is 0.834. The second-order valence-corrected chi connectivity index (χ2v) is 21.7. The second kappa shape index (κ2) is 18.7. The molecule has 0 saturated carbocycles. The highest BCUT2D eigenvalue weighted by Crippen LogP contribution is 2.44. The molecule has 4 heterocycles. The molecule has 16 rings (SSSR count). The molecule has 0 bridgehead atoms. The van der Waals surface area contributed by atoms with E-state index in [0.29, 0.717) is 0 Å². The number of rotatable bonds is 9. The third-order valence-corrected chi connectivity index (χ3v) is 16.8. The normalized spacial score (nSPS) is 11.8. The fourth-order valence-electron chi connectivity index (χ4n) is 12.1. The highest BCUT2D eigenvalue weighted by molar-refractivity contribution is 7.00. The van der Waals surface area contributed by atoms with E-state index in [2.05, 4.69) is 254 Å². The first-order valence-corrected chi connectivity index (χ1v) is 28.1. The molecule has 382 valence electrons. The Kier molecular flexibility index (Phi) is 10.8. The van der Waals surface area contributed by atoms with Gasteiger partial charge in [0.2, 0.25) is 0 Å². The van der Waals surface area contributed by atoms with E-state index in [-0.39, 0.29) is 0 Å². The van der Waals surface area contributed by atoms with Crippen molar-refractivity contribution in [2.45, 2.75) is 13.8 Å². The second-order valence-electron chi connectivity index (χ2n) is 21.2. The van der Waals surface area contributed by atoms with Crippen molar-refractivity contribution in [2.24, 2.45) is 0 Å². The number of furan rings is 2.